The van der Waals surface area contributed by atoms with Crippen molar-refractivity contribution in [3.63, 3.8) is 0 Å². The number of unbranched alkanes of at least 4 members (excludes halogenated alkanes) is 5. The second-order valence-electron chi connectivity index (χ2n) is 6.25. The molecule has 0 heterocycles. The van der Waals surface area contributed by atoms with E-state index in [4.69, 9.17) is 0 Å². The topological polar surface area (TPSA) is 0 Å². The monoisotopic (exact) mass is 396 g/mol. The summed E-state index contributed by atoms with van der Waals surface area (Å²) in [4.78, 5) is 0. The van der Waals surface area contributed by atoms with E-state index in [2.05, 4.69) is 49.4 Å². The molecule has 120 valence electrons. The Morgan fingerprint density at radius 1 is 0.619 bits per heavy atom. The average Bonchev–Trinajstić information content (AvgIpc) is 2.51. The summed E-state index contributed by atoms with van der Waals surface area (Å²) >= 11 is -2.22. The minimum atomic E-state index is -2.22. The maximum atomic E-state index is 3.80. The van der Waals surface area contributed by atoms with E-state index in [-0.39, 0.29) is 0 Å². The van der Waals surface area contributed by atoms with Gasteiger partial charge in [-0.2, -0.15) is 0 Å². The second-order valence-corrected chi connectivity index (χ2v) is 18.5. The molecule has 21 heavy (non-hydrogen) atoms. The van der Waals surface area contributed by atoms with Crippen molar-refractivity contribution in [2.45, 2.75) is 98.8 Å². The van der Waals surface area contributed by atoms with Crippen LogP contribution in [0.2, 0.25) is 13.3 Å². The fraction of sp³-hybridized carbons (Fsp3) is 0.800. The molecule has 0 atom stereocenters. The Bertz CT molecular complexity index is 326. The van der Waals surface area contributed by atoms with Crippen molar-refractivity contribution in [1.29, 1.82) is 0 Å². The zero-order valence-corrected chi connectivity index (χ0v) is 17.8. The van der Waals surface area contributed by atoms with Gasteiger partial charge in [-0.1, -0.05) is 0 Å². The van der Waals surface area contributed by atoms with Gasteiger partial charge in [-0.05, 0) is 0 Å². The van der Waals surface area contributed by atoms with Crippen LogP contribution in [0.4, 0.5) is 0 Å². The summed E-state index contributed by atoms with van der Waals surface area (Å²) in [6, 6.07) is 0. The third-order valence-electron chi connectivity index (χ3n) is 4.16. The van der Waals surface area contributed by atoms with E-state index >= 15 is 0 Å². The summed E-state index contributed by atoms with van der Waals surface area (Å²) < 4.78 is 8.20. The average molecular weight is 395 g/mol. The van der Waals surface area contributed by atoms with Gasteiger partial charge in [0.2, 0.25) is 0 Å². The molecule has 0 aliphatic rings. The van der Waals surface area contributed by atoms with Crippen LogP contribution in [-0.4, -0.2) is 18.4 Å². The van der Waals surface area contributed by atoms with Crippen molar-refractivity contribution in [2.75, 3.05) is 0 Å². The Balaban J connectivity index is 4.84. The molecular weight excluding hydrogens is 359 g/mol. The summed E-state index contributed by atoms with van der Waals surface area (Å²) in [7, 11) is 0. The SMILES string of the molecule is CCCCC#CC#[C][Sn]([CH2]CCC)([CH2]CCC)[CH2]CCC. The van der Waals surface area contributed by atoms with E-state index in [1.54, 1.807) is 0 Å². The van der Waals surface area contributed by atoms with Crippen LogP contribution in [0.25, 0.3) is 0 Å². The first kappa shape index (κ1) is 20.9. The molecule has 0 aromatic rings. The van der Waals surface area contributed by atoms with E-state index < -0.39 is 18.4 Å². The van der Waals surface area contributed by atoms with Crippen LogP contribution in [0.1, 0.15) is 85.5 Å². The Morgan fingerprint density at radius 2 is 1.10 bits per heavy atom. The quantitative estimate of drug-likeness (QED) is 0.211. The first-order valence-electron chi connectivity index (χ1n) is 9.24. The third kappa shape index (κ3) is 11.2. The van der Waals surface area contributed by atoms with Gasteiger partial charge in [-0.15, -0.1) is 0 Å². The Kier molecular flexibility index (Phi) is 14.8. The molecule has 0 rings (SSSR count). The van der Waals surface area contributed by atoms with Gasteiger partial charge in [-0.25, -0.2) is 0 Å². The molecule has 0 unspecified atom stereocenters. The third-order valence-corrected chi connectivity index (χ3v) is 17.3. The molecule has 0 aliphatic carbocycles. The first-order valence-corrected chi connectivity index (χ1v) is 16.7. The predicted octanol–water partition coefficient (Wildman–Crippen LogP) is 6.57. The molecule has 0 aliphatic heterocycles. The van der Waals surface area contributed by atoms with Crippen LogP contribution >= 0.6 is 0 Å². The molecule has 0 nitrogen and oxygen atoms in total. The van der Waals surface area contributed by atoms with Crippen molar-refractivity contribution in [3.8, 4) is 21.7 Å². The van der Waals surface area contributed by atoms with Crippen molar-refractivity contribution >= 4 is 18.4 Å². The van der Waals surface area contributed by atoms with E-state index in [0.29, 0.717) is 0 Å². The standard InChI is InChI=1S/C8H9.3C4H9.Sn/c1-3-5-7-8-6-4-2;3*1-3-4-2;/h3,5,7H2,1H3;3*1,3-4H2,2H3;. The van der Waals surface area contributed by atoms with Crippen molar-refractivity contribution in [1.82, 2.24) is 0 Å². The van der Waals surface area contributed by atoms with E-state index in [0.717, 1.165) is 6.42 Å². The van der Waals surface area contributed by atoms with Crippen molar-refractivity contribution < 1.29 is 0 Å². The Labute approximate surface area is 138 Å². The molecule has 0 saturated heterocycles. The first-order chi connectivity index (χ1) is 10.2. The van der Waals surface area contributed by atoms with Gasteiger partial charge in [0.1, 0.15) is 0 Å². The fourth-order valence-corrected chi connectivity index (χ4v) is 15.6. The van der Waals surface area contributed by atoms with Gasteiger partial charge in [-0.3, -0.25) is 0 Å². The summed E-state index contributed by atoms with van der Waals surface area (Å²) in [6.07, 6.45) is 11.6. The van der Waals surface area contributed by atoms with Gasteiger partial charge in [0.05, 0.1) is 0 Å². The predicted molar refractivity (Wildman–Crippen MR) is 100.0 cm³/mol. The summed E-state index contributed by atoms with van der Waals surface area (Å²) in [5.74, 6) is 9.68. The number of hydrogen-bond acceptors (Lipinski definition) is 0. The van der Waals surface area contributed by atoms with Crippen molar-refractivity contribution in [3.05, 3.63) is 0 Å². The Morgan fingerprint density at radius 3 is 1.52 bits per heavy atom. The molecule has 0 aromatic carbocycles. The van der Waals surface area contributed by atoms with Crippen LogP contribution in [0, 0.1) is 21.7 Å². The number of hydrogen-bond donors (Lipinski definition) is 0. The summed E-state index contributed by atoms with van der Waals surface area (Å²) in [5.41, 5.74) is 0. The van der Waals surface area contributed by atoms with Crippen LogP contribution in [0.15, 0.2) is 0 Å². The molecule has 1 heteroatoms. The maximum absolute atomic E-state index is 3.80. The van der Waals surface area contributed by atoms with Crippen LogP contribution in [0.5, 0.6) is 0 Å². The van der Waals surface area contributed by atoms with Crippen LogP contribution < -0.4 is 0 Å². The van der Waals surface area contributed by atoms with Gasteiger partial charge in [0.15, 0.2) is 0 Å². The number of rotatable bonds is 11. The molecule has 0 aromatic heterocycles. The van der Waals surface area contributed by atoms with Gasteiger partial charge >= 0.3 is 139 Å². The molecule has 0 bridgehead atoms. The van der Waals surface area contributed by atoms with E-state index in [9.17, 15) is 0 Å². The molecule has 0 saturated carbocycles. The molecule has 0 N–H and O–H groups in total. The van der Waals surface area contributed by atoms with Crippen molar-refractivity contribution in [2.24, 2.45) is 0 Å². The summed E-state index contributed by atoms with van der Waals surface area (Å²) in [5, 5.41) is 0. The normalized spacial score (nSPS) is 10.5. The molecule has 0 radical (unpaired) electrons. The molecule has 0 amide bonds. The molecular formula is C20H36Sn. The van der Waals surface area contributed by atoms with E-state index in [1.807, 2.05) is 0 Å². The fourth-order valence-electron chi connectivity index (χ4n) is 2.64. The summed E-state index contributed by atoms with van der Waals surface area (Å²) in [6.45, 7) is 9.16. The second kappa shape index (κ2) is 14.8. The van der Waals surface area contributed by atoms with E-state index in [1.165, 1.54) is 64.7 Å². The zero-order chi connectivity index (χ0) is 15.8. The zero-order valence-electron chi connectivity index (χ0n) is 15.0. The molecule has 0 fully saturated rings. The van der Waals surface area contributed by atoms with Crippen LogP contribution in [0.3, 0.4) is 0 Å². The minimum absolute atomic E-state index is 1.02. The van der Waals surface area contributed by atoms with Gasteiger partial charge in [0.25, 0.3) is 0 Å². The van der Waals surface area contributed by atoms with Crippen LogP contribution in [-0.2, 0) is 0 Å². The molecule has 0 spiro atoms. The van der Waals surface area contributed by atoms with Gasteiger partial charge < -0.3 is 0 Å². The Hall–Kier alpha value is -0.0813. The van der Waals surface area contributed by atoms with Gasteiger partial charge in [0, 0.05) is 0 Å².